The fraction of sp³-hybridized carbons (Fsp3) is 0.231. The quantitative estimate of drug-likeness (QED) is 0.791. The topological polar surface area (TPSA) is 26.0 Å². The molecule has 17 heavy (non-hydrogen) atoms. The zero-order valence-corrected chi connectivity index (χ0v) is 13.6. The normalized spacial score (nSPS) is 12.8. The number of benzene rings is 1. The average molecular weight is 375 g/mol. The van der Waals surface area contributed by atoms with Crippen molar-refractivity contribution in [2.45, 2.75) is 19.9 Å². The summed E-state index contributed by atoms with van der Waals surface area (Å²) >= 11 is 8.93. The lowest BCUT2D eigenvalue weighted by molar-refractivity contribution is 0.880. The highest BCUT2D eigenvalue weighted by Gasteiger charge is 2.17. The predicted octanol–water partition coefficient (Wildman–Crippen LogP) is 4.94. The largest absolute Gasteiger partial charge is 0.320 e. The molecule has 4 heteroatoms. The van der Waals surface area contributed by atoms with Gasteiger partial charge >= 0.3 is 0 Å². The molecule has 1 aromatic carbocycles. The van der Waals surface area contributed by atoms with E-state index < -0.39 is 0 Å². The summed E-state index contributed by atoms with van der Waals surface area (Å²) in [4.78, 5) is 2.44. The van der Waals surface area contributed by atoms with Gasteiger partial charge in [0, 0.05) is 18.7 Å². The van der Waals surface area contributed by atoms with Crippen molar-refractivity contribution in [3.63, 3.8) is 0 Å². The monoisotopic (exact) mass is 373 g/mol. The number of halogens is 2. The van der Waals surface area contributed by atoms with E-state index in [1.807, 2.05) is 6.07 Å². The van der Waals surface area contributed by atoms with Gasteiger partial charge in [0.2, 0.25) is 0 Å². The first kappa shape index (κ1) is 13.3. The van der Waals surface area contributed by atoms with Crippen LogP contribution in [0.5, 0.6) is 0 Å². The second kappa shape index (κ2) is 5.22. The van der Waals surface area contributed by atoms with Crippen molar-refractivity contribution in [3.05, 3.63) is 54.1 Å². The van der Waals surface area contributed by atoms with Crippen LogP contribution >= 0.6 is 43.2 Å². The van der Waals surface area contributed by atoms with Gasteiger partial charge in [0.15, 0.2) is 0 Å². The fourth-order valence-corrected chi connectivity index (χ4v) is 4.19. The van der Waals surface area contributed by atoms with E-state index in [2.05, 4.69) is 63.9 Å². The van der Waals surface area contributed by atoms with Crippen molar-refractivity contribution in [2.24, 2.45) is 5.73 Å². The molecule has 2 rings (SSSR count). The molecule has 2 N–H and O–H groups in total. The van der Waals surface area contributed by atoms with Crippen LogP contribution in [-0.2, 0) is 0 Å². The SMILES string of the molecule is Cc1cc(Br)c(C(N)c2cccc(C)c2Br)s1. The number of hydrogen-bond donors (Lipinski definition) is 1. The lowest BCUT2D eigenvalue weighted by atomic mass is 10.0. The molecule has 1 heterocycles. The van der Waals surface area contributed by atoms with Gasteiger partial charge in [0.25, 0.3) is 0 Å². The van der Waals surface area contributed by atoms with Crippen LogP contribution in [0.25, 0.3) is 0 Å². The Labute approximate surface area is 122 Å². The number of rotatable bonds is 2. The molecular formula is C13H13Br2NS. The summed E-state index contributed by atoms with van der Waals surface area (Å²) in [6.45, 7) is 4.17. The van der Waals surface area contributed by atoms with Gasteiger partial charge < -0.3 is 5.73 Å². The Kier molecular flexibility index (Phi) is 4.08. The van der Waals surface area contributed by atoms with Gasteiger partial charge in [0.05, 0.1) is 6.04 Å². The van der Waals surface area contributed by atoms with Crippen LogP contribution in [0.15, 0.2) is 33.2 Å². The van der Waals surface area contributed by atoms with Gasteiger partial charge in [-0.1, -0.05) is 34.1 Å². The van der Waals surface area contributed by atoms with Crippen LogP contribution in [0.3, 0.4) is 0 Å². The van der Waals surface area contributed by atoms with Crippen molar-refractivity contribution in [3.8, 4) is 0 Å². The Morgan fingerprint density at radius 3 is 2.53 bits per heavy atom. The Morgan fingerprint density at radius 1 is 1.24 bits per heavy atom. The molecule has 0 aliphatic carbocycles. The highest BCUT2D eigenvalue weighted by atomic mass is 79.9. The molecule has 1 atom stereocenters. The van der Waals surface area contributed by atoms with E-state index >= 15 is 0 Å². The first-order valence-electron chi connectivity index (χ1n) is 5.27. The fourth-order valence-electron chi connectivity index (χ4n) is 1.76. The highest BCUT2D eigenvalue weighted by Crippen LogP contribution is 2.37. The standard InChI is InChI=1S/C13H13Br2NS/c1-7-4-3-5-9(11(7)15)12(16)13-10(14)6-8(2)17-13/h3-6,12H,16H2,1-2H3. The van der Waals surface area contributed by atoms with Crippen LogP contribution in [0.1, 0.15) is 26.9 Å². The summed E-state index contributed by atoms with van der Waals surface area (Å²) in [5.41, 5.74) is 8.69. The molecule has 0 radical (unpaired) electrons. The Balaban J connectivity index is 2.47. The van der Waals surface area contributed by atoms with Crippen LogP contribution in [0, 0.1) is 13.8 Å². The third-order valence-corrected chi connectivity index (χ3v) is 5.81. The molecular weight excluding hydrogens is 362 g/mol. The highest BCUT2D eigenvalue weighted by molar-refractivity contribution is 9.11. The Bertz CT molecular complexity index is 548. The maximum absolute atomic E-state index is 6.35. The summed E-state index contributed by atoms with van der Waals surface area (Å²) in [6, 6.07) is 8.23. The van der Waals surface area contributed by atoms with Crippen LogP contribution in [-0.4, -0.2) is 0 Å². The van der Waals surface area contributed by atoms with Crippen LogP contribution in [0.4, 0.5) is 0 Å². The molecule has 0 aliphatic heterocycles. The minimum absolute atomic E-state index is 0.0858. The number of thiophene rings is 1. The van der Waals surface area contributed by atoms with Gasteiger partial charge in [-0.3, -0.25) is 0 Å². The van der Waals surface area contributed by atoms with E-state index in [1.165, 1.54) is 15.3 Å². The summed E-state index contributed by atoms with van der Waals surface area (Å²) in [5.74, 6) is 0. The second-order valence-corrected chi connectivity index (χ2v) is 6.96. The van der Waals surface area contributed by atoms with E-state index in [-0.39, 0.29) is 6.04 Å². The van der Waals surface area contributed by atoms with Gasteiger partial charge in [-0.05, 0) is 47.0 Å². The smallest absolute Gasteiger partial charge is 0.0668 e. The lowest BCUT2D eigenvalue weighted by Gasteiger charge is -2.14. The molecule has 1 unspecified atom stereocenters. The summed E-state index contributed by atoms with van der Waals surface area (Å²) in [7, 11) is 0. The van der Waals surface area contributed by atoms with Gasteiger partial charge in [-0.25, -0.2) is 0 Å². The summed E-state index contributed by atoms with van der Waals surface area (Å²) < 4.78 is 2.20. The van der Waals surface area contributed by atoms with Crippen molar-refractivity contribution in [1.29, 1.82) is 0 Å². The van der Waals surface area contributed by atoms with Crippen molar-refractivity contribution in [2.75, 3.05) is 0 Å². The summed E-state index contributed by atoms with van der Waals surface area (Å²) in [6.07, 6.45) is 0. The van der Waals surface area contributed by atoms with E-state index in [4.69, 9.17) is 5.73 Å². The molecule has 90 valence electrons. The van der Waals surface area contributed by atoms with E-state index in [9.17, 15) is 0 Å². The van der Waals surface area contributed by atoms with Gasteiger partial charge in [-0.2, -0.15) is 0 Å². The Hall–Kier alpha value is -0.160. The van der Waals surface area contributed by atoms with E-state index in [0.717, 1.165) is 14.5 Å². The number of aryl methyl sites for hydroxylation is 2. The maximum atomic E-state index is 6.35. The van der Waals surface area contributed by atoms with Crippen molar-refractivity contribution < 1.29 is 0 Å². The van der Waals surface area contributed by atoms with Crippen LogP contribution < -0.4 is 5.73 Å². The molecule has 1 aromatic heterocycles. The summed E-state index contributed by atoms with van der Waals surface area (Å²) in [5, 5.41) is 0. The van der Waals surface area contributed by atoms with E-state index in [1.54, 1.807) is 11.3 Å². The first-order valence-corrected chi connectivity index (χ1v) is 7.67. The molecule has 2 aromatic rings. The first-order chi connectivity index (χ1) is 8.00. The number of hydrogen-bond acceptors (Lipinski definition) is 2. The molecule has 0 aliphatic rings. The predicted molar refractivity (Wildman–Crippen MR) is 81.7 cm³/mol. The molecule has 0 amide bonds. The third-order valence-electron chi connectivity index (χ3n) is 2.68. The zero-order chi connectivity index (χ0) is 12.6. The minimum Gasteiger partial charge on any atom is -0.320 e. The number of nitrogens with two attached hydrogens (primary N) is 1. The molecule has 0 saturated carbocycles. The lowest BCUT2D eigenvalue weighted by Crippen LogP contribution is -2.11. The molecule has 0 fully saturated rings. The molecule has 0 bridgehead atoms. The maximum Gasteiger partial charge on any atom is 0.0668 e. The third kappa shape index (κ3) is 2.65. The molecule has 0 spiro atoms. The van der Waals surface area contributed by atoms with Crippen molar-refractivity contribution >= 4 is 43.2 Å². The van der Waals surface area contributed by atoms with Crippen molar-refractivity contribution in [1.82, 2.24) is 0 Å². The average Bonchev–Trinajstić information content (AvgIpc) is 2.61. The van der Waals surface area contributed by atoms with Gasteiger partial charge in [-0.15, -0.1) is 11.3 Å². The molecule has 0 saturated heterocycles. The zero-order valence-electron chi connectivity index (χ0n) is 9.63. The Morgan fingerprint density at radius 2 is 1.94 bits per heavy atom. The second-order valence-electron chi connectivity index (χ2n) is 4.03. The van der Waals surface area contributed by atoms with E-state index in [0.29, 0.717) is 0 Å². The minimum atomic E-state index is -0.0858. The van der Waals surface area contributed by atoms with Crippen LogP contribution in [0.2, 0.25) is 0 Å². The molecule has 1 nitrogen and oxygen atoms in total. The van der Waals surface area contributed by atoms with Gasteiger partial charge in [0.1, 0.15) is 0 Å².